The molecule has 0 aliphatic heterocycles. The molecule has 0 aromatic heterocycles. The van der Waals surface area contributed by atoms with Crippen molar-refractivity contribution in [1.82, 2.24) is 0 Å². The number of allylic oxidation sites excluding steroid dienone is 1. The van der Waals surface area contributed by atoms with Crippen LogP contribution in [0.4, 0.5) is 0 Å². The highest BCUT2D eigenvalue weighted by molar-refractivity contribution is 8.76. The van der Waals surface area contributed by atoms with Gasteiger partial charge in [0, 0.05) is 22.3 Å². The molecule has 2 N–H and O–H groups in total. The van der Waals surface area contributed by atoms with Crippen molar-refractivity contribution in [2.75, 3.05) is 11.5 Å². The molecule has 1 unspecified atom stereocenters. The molecule has 0 heterocycles. The van der Waals surface area contributed by atoms with E-state index >= 15 is 0 Å². The van der Waals surface area contributed by atoms with Crippen LogP contribution in [-0.4, -0.2) is 33.4 Å². The first-order chi connectivity index (χ1) is 13.8. The molecule has 0 radical (unpaired) electrons. The van der Waals surface area contributed by atoms with Gasteiger partial charge in [-0.3, -0.25) is 0 Å². The Balaban J connectivity index is 1.69. The summed E-state index contributed by atoms with van der Waals surface area (Å²) in [6.07, 6.45) is 9.76. The van der Waals surface area contributed by atoms with Crippen molar-refractivity contribution >= 4 is 21.6 Å². The number of aliphatic hydroxyl groups is 2. The number of hydrogen-bond acceptors (Lipinski definition) is 4. The topological polar surface area (TPSA) is 40.5 Å². The minimum absolute atomic E-state index is 0.0848. The van der Waals surface area contributed by atoms with E-state index < -0.39 is 5.60 Å². The molecule has 8 atom stereocenters. The summed E-state index contributed by atoms with van der Waals surface area (Å²) in [6.45, 7) is 8.67. The molecule has 162 valence electrons. The van der Waals surface area contributed by atoms with E-state index in [4.69, 9.17) is 0 Å². The Labute approximate surface area is 185 Å². The quantitative estimate of drug-likeness (QED) is 0.258. The van der Waals surface area contributed by atoms with Gasteiger partial charge in [0.1, 0.15) is 5.60 Å². The Morgan fingerprint density at radius 1 is 1.17 bits per heavy atom. The maximum absolute atomic E-state index is 11.7. The minimum Gasteiger partial charge on any atom is -0.389 e. The standard InChI is InChI=1S/C25H38O2S2/c1-5-11-25(27)17(3)14-22-20-8-7-18-15-19(26)9-13-24(18,16-29-28-6-2)21(20)10-12-23(22,25)4/h15,17,19-22,26-27H,6-10,12-14,16H2,1-4H3/t17?,19-,20-,21+,22+,23+,24-,25+/m1/s1. The predicted molar refractivity (Wildman–Crippen MR) is 126 cm³/mol. The van der Waals surface area contributed by atoms with Crippen LogP contribution in [0.2, 0.25) is 0 Å². The third-order valence-electron chi connectivity index (χ3n) is 9.23. The van der Waals surface area contributed by atoms with E-state index in [1.165, 1.54) is 18.6 Å². The maximum atomic E-state index is 11.7. The lowest BCUT2D eigenvalue weighted by molar-refractivity contribution is -0.107. The SMILES string of the molecule is CC#C[C@]1(O)C(C)C[C@H]2[C@@H]3CCC4=C[C@H](O)CC[C@]4(CSSCC)[C@H]3CC[C@@]21C. The van der Waals surface area contributed by atoms with Crippen LogP contribution in [0.15, 0.2) is 11.6 Å². The van der Waals surface area contributed by atoms with Crippen LogP contribution < -0.4 is 0 Å². The predicted octanol–water partition coefficient (Wildman–Crippen LogP) is 5.69. The molecule has 29 heavy (non-hydrogen) atoms. The normalized spacial score (nSPS) is 48.6. The summed E-state index contributed by atoms with van der Waals surface area (Å²) in [7, 11) is 4.04. The lowest BCUT2D eigenvalue weighted by Crippen LogP contribution is -2.56. The van der Waals surface area contributed by atoms with Gasteiger partial charge in [-0.2, -0.15) is 0 Å². The number of fused-ring (bicyclic) bond motifs is 5. The summed E-state index contributed by atoms with van der Waals surface area (Å²) < 4.78 is 0. The largest absolute Gasteiger partial charge is 0.389 e. The monoisotopic (exact) mass is 434 g/mol. The zero-order valence-electron chi connectivity index (χ0n) is 18.5. The van der Waals surface area contributed by atoms with Crippen LogP contribution in [0.3, 0.4) is 0 Å². The molecular weight excluding hydrogens is 396 g/mol. The third kappa shape index (κ3) is 3.25. The van der Waals surface area contributed by atoms with Crippen molar-refractivity contribution in [2.24, 2.45) is 34.5 Å². The van der Waals surface area contributed by atoms with Crippen molar-refractivity contribution in [1.29, 1.82) is 0 Å². The van der Waals surface area contributed by atoms with E-state index in [-0.39, 0.29) is 22.9 Å². The second-order valence-corrected chi connectivity index (χ2v) is 13.0. The van der Waals surface area contributed by atoms with Crippen molar-refractivity contribution < 1.29 is 10.2 Å². The highest BCUT2D eigenvalue weighted by Gasteiger charge is 2.66. The molecule has 4 aliphatic rings. The van der Waals surface area contributed by atoms with E-state index in [1.807, 2.05) is 28.5 Å². The van der Waals surface area contributed by atoms with Crippen molar-refractivity contribution in [3.8, 4) is 11.8 Å². The summed E-state index contributed by atoms with van der Waals surface area (Å²) in [6, 6.07) is 0. The van der Waals surface area contributed by atoms with Crippen LogP contribution >= 0.6 is 21.6 Å². The van der Waals surface area contributed by atoms with Crippen LogP contribution in [0.25, 0.3) is 0 Å². The average molecular weight is 435 g/mol. The molecule has 0 amide bonds. The summed E-state index contributed by atoms with van der Waals surface area (Å²) in [4.78, 5) is 0. The Kier molecular flexibility index (Phi) is 6.19. The number of hydrogen-bond donors (Lipinski definition) is 2. The van der Waals surface area contributed by atoms with Gasteiger partial charge in [-0.15, -0.1) is 5.92 Å². The summed E-state index contributed by atoms with van der Waals surface area (Å²) in [5.74, 6) is 10.9. The Bertz CT molecular complexity index is 724. The summed E-state index contributed by atoms with van der Waals surface area (Å²) in [5.41, 5.74) is 0.894. The lowest BCUT2D eigenvalue weighted by atomic mass is 9.46. The first-order valence-corrected chi connectivity index (χ1v) is 14.1. The fraction of sp³-hybridized carbons (Fsp3) is 0.840. The van der Waals surface area contributed by atoms with Crippen molar-refractivity contribution in [2.45, 2.75) is 84.3 Å². The molecule has 0 aromatic carbocycles. The van der Waals surface area contributed by atoms with Gasteiger partial charge in [0.15, 0.2) is 0 Å². The third-order valence-corrected chi connectivity index (χ3v) is 11.8. The number of aliphatic hydroxyl groups excluding tert-OH is 1. The van der Waals surface area contributed by atoms with Gasteiger partial charge in [-0.1, -0.05) is 59.9 Å². The number of rotatable bonds is 4. The molecule has 2 nitrogen and oxygen atoms in total. The first-order valence-electron chi connectivity index (χ1n) is 11.6. The van der Waals surface area contributed by atoms with Gasteiger partial charge >= 0.3 is 0 Å². The molecule has 4 rings (SSSR count). The van der Waals surface area contributed by atoms with Crippen molar-refractivity contribution in [3.05, 3.63) is 11.6 Å². The molecular formula is C25H38O2S2. The van der Waals surface area contributed by atoms with Crippen LogP contribution in [0.5, 0.6) is 0 Å². The average Bonchev–Trinajstić information content (AvgIpc) is 2.89. The minimum atomic E-state index is -0.837. The van der Waals surface area contributed by atoms with Crippen LogP contribution in [0.1, 0.15) is 72.6 Å². The van der Waals surface area contributed by atoms with E-state index in [9.17, 15) is 10.2 Å². The Morgan fingerprint density at radius 2 is 1.97 bits per heavy atom. The zero-order valence-corrected chi connectivity index (χ0v) is 20.2. The van der Waals surface area contributed by atoms with E-state index in [0.29, 0.717) is 17.8 Å². The Morgan fingerprint density at radius 3 is 2.69 bits per heavy atom. The fourth-order valence-corrected chi connectivity index (χ4v) is 10.2. The lowest BCUT2D eigenvalue weighted by Gasteiger charge is -2.59. The molecule has 3 fully saturated rings. The van der Waals surface area contributed by atoms with Gasteiger partial charge in [0.25, 0.3) is 0 Å². The summed E-state index contributed by atoms with van der Waals surface area (Å²) >= 11 is 0. The zero-order chi connectivity index (χ0) is 20.9. The molecule has 0 spiro atoms. The maximum Gasteiger partial charge on any atom is 0.133 e. The second kappa shape index (κ2) is 8.12. The smallest absolute Gasteiger partial charge is 0.133 e. The summed E-state index contributed by atoms with van der Waals surface area (Å²) in [5, 5.41) is 22.0. The van der Waals surface area contributed by atoms with E-state index in [1.54, 1.807) is 5.57 Å². The van der Waals surface area contributed by atoms with Crippen molar-refractivity contribution in [3.63, 3.8) is 0 Å². The fourth-order valence-electron chi connectivity index (χ4n) is 7.80. The first kappa shape index (κ1) is 22.1. The van der Waals surface area contributed by atoms with Gasteiger partial charge in [0.2, 0.25) is 0 Å². The van der Waals surface area contributed by atoms with Gasteiger partial charge in [0.05, 0.1) is 6.10 Å². The van der Waals surface area contributed by atoms with Gasteiger partial charge in [-0.05, 0) is 75.5 Å². The molecule has 3 saturated carbocycles. The van der Waals surface area contributed by atoms with Gasteiger partial charge in [-0.25, -0.2) is 0 Å². The second-order valence-electron chi connectivity index (χ2n) is 10.3. The molecule has 4 heteroatoms. The molecule has 4 aliphatic carbocycles. The van der Waals surface area contributed by atoms with Gasteiger partial charge < -0.3 is 10.2 Å². The van der Waals surface area contributed by atoms with E-state index in [0.717, 1.165) is 37.9 Å². The highest BCUT2D eigenvalue weighted by Crippen LogP contribution is 2.69. The highest BCUT2D eigenvalue weighted by atomic mass is 33.1. The molecule has 0 aromatic rings. The molecule has 0 bridgehead atoms. The Hall–Kier alpha value is -0.0800. The molecule has 0 saturated heterocycles. The van der Waals surface area contributed by atoms with Crippen LogP contribution in [-0.2, 0) is 0 Å². The van der Waals surface area contributed by atoms with Crippen LogP contribution in [0, 0.1) is 46.3 Å². The van der Waals surface area contributed by atoms with E-state index in [2.05, 4.69) is 38.7 Å².